The Morgan fingerprint density at radius 3 is 2.60 bits per heavy atom. The molecule has 1 aliphatic carbocycles. The molecule has 6 rings (SSSR count). The monoisotopic (exact) mass is 599 g/mol. The zero-order chi connectivity index (χ0) is 30.3. The fraction of sp³-hybridized carbons (Fsp3) is 0.281. The van der Waals surface area contributed by atoms with Crippen molar-refractivity contribution in [3.63, 3.8) is 0 Å². The van der Waals surface area contributed by atoms with Gasteiger partial charge in [-0.1, -0.05) is 31.2 Å². The van der Waals surface area contributed by atoms with E-state index in [0.29, 0.717) is 35.6 Å². The highest BCUT2D eigenvalue weighted by molar-refractivity contribution is 7.92. The van der Waals surface area contributed by atoms with Crippen LogP contribution < -0.4 is 16.4 Å². The second-order valence-electron chi connectivity index (χ2n) is 11.3. The number of carbonyl (C=O) groups is 2. The Morgan fingerprint density at radius 1 is 1.02 bits per heavy atom. The number of amides is 2. The number of benzene rings is 3. The van der Waals surface area contributed by atoms with Crippen molar-refractivity contribution < 1.29 is 22.7 Å². The summed E-state index contributed by atoms with van der Waals surface area (Å²) in [4.78, 5) is 32.7. The van der Waals surface area contributed by atoms with Gasteiger partial charge in [-0.3, -0.25) is 10.1 Å². The number of likely N-dealkylation sites (N-methyl/N-ethyl adjacent to an activating group) is 1. The van der Waals surface area contributed by atoms with E-state index in [0.717, 1.165) is 21.9 Å². The quantitative estimate of drug-likeness (QED) is 0.289. The number of cyclic esters (lactones) is 1. The summed E-state index contributed by atoms with van der Waals surface area (Å²) in [6.07, 6.45) is 2.21. The average Bonchev–Trinajstić information content (AvgIpc) is 3.85. The highest BCUT2D eigenvalue weighted by Gasteiger charge is 2.38. The third-order valence-corrected chi connectivity index (χ3v) is 10.4. The van der Waals surface area contributed by atoms with Gasteiger partial charge >= 0.3 is 6.09 Å². The highest BCUT2D eigenvalue weighted by atomic mass is 32.2. The van der Waals surface area contributed by atoms with Crippen LogP contribution in [0.15, 0.2) is 77.8 Å². The van der Waals surface area contributed by atoms with E-state index in [2.05, 4.69) is 15.6 Å². The number of carbonyl (C=O) groups excluding carboxylic acids is 2. The van der Waals surface area contributed by atoms with E-state index in [-0.39, 0.29) is 29.9 Å². The second kappa shape index (κ2) is 11.2. The summed E-state index contributed by atoms with van der Waals surface area (Å²) in [5.74, 6) is 0.0152. The predicted molar refractivity (Wildman–Crippen MR) is 165 cm³/mol. The van der Waals surface area contributed by atoms with Gasteiger partial charge < -0.3 is 20.7 Å². The van der Waals surface area contributed by atoms with Crippen LogP contribution in [0.4, 0.5) is 22.0 Å². The molecule has 0 radical (unpaired) electrons. The molecule has 11 heteroatoms. The number of fused-ring (bicyclic) bond motifs is 5. The molecule has 2 atom stereocenters. The van der Waals surface area contributed by atoms with Crippen molar-refractivity contribution in [3.8, 4) is 0 Å². The summed E-state index contributed by atoms with van der Waals surface area (Å²) >= 11 is 0. The van der Waals surface area contributed by atoms with Crippen LogP contribution in [0.3, 0.4) is 0 Å². The molecular weight excluding hydrogens is 566 g/mol. The first-order chi connectivity index (χ1) is 20.6. The lowest BCUT2D eigenvalue weighted by molar-refractivity contribution is -0.131. The molecule has 43 heavy (non-hydrogen) atoms. The van der Waals surface area contributed by atoms with Gasteiger partial charge in [0.15, 0.2) is 9.84 Å². The third-order valence-electron chi connectivity index (χ3n) is 7.99. The van der Waals surface area contributed by atoms with Crippen LogP contribution >= 0.6 is 0 Å². The van der Waals surface area contributed by atoms with Crippen molar-refractivity contribution in [1.82, 2.24) is 9.88 Å². The summed E-state index contributed by atoms with van der Waals surface area (Å²) in [6, 6.07) is 19.0. The number of nitrogen functional groups attached to an aromatic ring is 1. The molecule has 2 amide bonds. The Kier molecular flexibility index (Phi) is 7.43. The van der Waals surface area contributed by atoms with E-state index >= 15 is 0 Å². The van der Waals surface area contributed by atoms with Crippen LogP contribution in [0.25, 0.3) is 10.8 Å². The van der Waals surface area contributed by atoms with Crippen molar-refractivity contribution in [2.45, 2.75) is 48.4 Å². The van der Waals surface area contributed by atoms with E-state index in [1.165, 1.54) is 11.0 Å². The molecule has 0 saturated heterocycles. The maximum absolute atomic E-state index is 14.2. The lowest BCUT2D eigenvalue weighted by Gasteiger charge is -2.27. The fourth-order valence-electron chi connectivity index (χ4n) is 5.41. The third kappa shape index (κ3) is 5.85. The minimum atomic E-state index is -3.58. The van der Waals surface area contributed by atoms with Crippen LogP contribution in [-0.2, 0) is 25.9 Å². The van der Waals surface area contributed by atoms with Gasteiger partial charge in [0.05, 0.1) is 16.8 Å². The summed E-state index contributed by atoms with van der Waals surface area (Å²) in [5.41, 5.74) is 9.18. The molecule has 2 aliphatic rings. The summed E-state index contributed by atoms with van der Waals surface area (Å²) in [6.45, 7) is 2.07. The standard InChI is InChI=1S/C32H33N5O5S/c1-19-18-42-32(39)36-25-7-11-28(43(40,41)26-8-9-26)23(16-25)17-37(2)31(38)29(22-5-3-4-20(19)14-22)35-24-6-10-27-21(15-24)12-13-34-30(27)33/h3-7,10-16,19,26,29,35H,8-9,17-18H2,1-2H3,(H2,33,34)(H,36,39)/t19-,29-/m1/s1. The molecule has 222 valence electrons. The number of anilines is 3. The van der Waals surface area contributed by atoms with Crippen molar-refractivity contribution in [1.29, 1.82) is 0 Å². The number of ether oxygens (including phenoxy) is 1. The molecule has 1 aliphatic heterocycles. The molecule has 3 aromatic carbocycles. The van der Waals surface area contributed by atoms with Crippen LogP contribution in [0.2, 0.25) is 0 Å². The number of hydrogen-bond acceptors (Lipinski definition) is 8. The van der Waals surface area contributed by atoms with Crippen molar-refractivity contribution in [3.05, 3.63) is 89.6 Å². The number of aromatic nitrogens is 1. The normalized spacial score (nSPS) is 19.6. The van der Waals surface area contributed by atoms with Crippen molar-refractivity contribution in [2.24, 2.45) is 0 Å². The maximum atomic E-state index is 14.2. The molecule has 1 aromatic heterocycles. The van der Waals surface area contributed by atoms with Gasteiger partial charge in [-0.15, -0.1) is 0 Å². The number of nitrogens with one attached hydrogen (secondary N) is 2. The van der Waals surface area contributed by atoms with Crippen LogP contribution in [-0.4, -0.2) is 49.2 Å². The molecule has 10 nitrogen and oxygen atoms in total. The molecule has 0 spiro atoms. The number of sulfone groups is 1. The first-order valence-electron chi connectivity index (χ1n) is 14.2. The Hall–Kier alpha value is -4.64. The largest absolute Gasteiger partial charge is 0.449 e. The lowest BCUT2D eigenvalue weighted by atomic mass is 9.96. The maximum Gasteiger partial charge on any atom is 0.411 e. The SMILES string of the molecule is C[C@@H]1COC(=O)Nc2ccc(S(=O)(=O)C3CC3)c(c2)CN(C)C(=O)[C@H](Nc2ccc3c(N)nccc3c2)c2cccc1c2. The summed E-state index contributed by atoms with van der Waals surface area (Å²) in [5, 5.41) is 7.36. The van der Waals surface area contributed by atoms with E-state index in [4.69, 9.17) is 10.5 Å². The average molecular weight is 600 g/mol. The number of rotatable bonds is 4. The predicted octanol–water partition coefficient (Wildman–Crippen LogP) is 5.23. The van der Waals surface area contributed by atoms with Gasteiger partial charge in [0.2, 0.25) is 5.91 Å². The Balaban J connectivity index is 1.42. The van der Waals surface area contributed by atoms with Crippen LogP contribution in [0, 0.1) is 0 Å². The molecule has 1 saturated carbocycles. The molecule has 2 heterocycles. The Bertz CT molecular complexity index is 1840. The van der Waals surface area contributed by atoms with E-state index < -0.39 is 27.2 Å². The van der Waals surface area contributed by atoms with Crippen LogP contribution in [0.5, 0.6) is 0 Å². The van der Waals surface area contributed by atoms with Crippen LogP contribution in [0.1, 0.15) is 48.4 Å². The van der Waals surface area contributed by atoms with E-state index in [9.17, 15) is 18.0 Å². The molecule has 4 aromatic rings. The Morgan fingerprint density at radius 2 is 1.81 bits per heavy atom. The number of pyridine rings is 1. The van der Waals surface area contributed by atoms with Gasteiger partial charge in [0.1, 0.15) is 11.9 Å². The topological polar surface area (TPSA) is 144 Å². The minimum Gasteiger partial charge on any atom is -0.449 e. The molecular formula is C32H33N5O5S. The minimum absolute atomic E-state index is 0.0128. The number of nitrogens with zero attached hydrogens (tertiary/aromatic N) is 2. The smallest absolute Gasteiger partial charge is 0.411 e. The highest BCUT2D eigenvalue weighted by Crippen LogP contribution is 2.36. The zero-order valence-electron chi connectivity index (χ0n) is 23.9. The van der Waals surface area contributed by atoms with Gasteiger partial charge in [0.25, 0.3) is 0 Å². The zero-order valence-corrected chi connectivity index (χ0v) is 24.7. The number of nitrogens with two attached hydrogens (primary N) is 1. The van der Waals surface area contributed by atoms with Gasteiger partial charge in [-0.05, 0) is 77.4 Å². The Labute approximate surface area is 250 Å². The molecule has 4 bridgehead atoms. The lowest BCUT2D eigenvalue weighted by Crippen LogP contribution is -2.35. The summed E-state index contributed by atoms with van der Waals surface area (Å²) < 4.78 is 32.2. The second-order valence-corrected chi connectivity index (χ2v) is 13.5. The first-order valence-corrected chi connectivity index (χ1v) is 15.7. The van der Waals surface area contributed by atoms with Crippen molar-refractivity contribution >= 4 is 49.8 Å². The first kappa shape index (κ1) is 28.5. The number of hydrogen-bond donors (Lipinski definition) is 3. The van der Waals surface area contributed by atoms with Gasteiger partial charge in [-0.25, -0.2) is 18.2 Å². The van der Waals surface area contributed by atoms with Gasteiger partial charge in [-0.2, -0.15) is 0 Å². The molecule has 1 fully saturated rings. The van der Waals surface area contributed by atoms with E-state index in [1.807, 2.05) is 55.5 Å². The molecule has 4 N–H and O–H groups in total. The fourth-order valence-corrected chi connectivity index (χ4v) is 7.27. The molecule has 0 unspecified atom stereocenters. The van der Waals surface area contributed by atoms with Crippen molar-refractivity contribution in [2.75, 3.05) is 30.0 Å². The summed E-state index contributed by atoms with van der Waals surface area (Å²) in [7, 11) is -1.93. The van der Waals surface area contributed by atoms with E-state index in [1.54, 1.807) is 25.4 Å². The van der Waals surface area contributed by atoms with Gasteiger partial charge in [0, 0.05) is 42.5 Å².